The first-order valence-corrected chi connectivity index (χ1v) is 12.3. The maximum absolute atomic E-state index is 11.4. The minimum absolute atomic E-state index is 0.0292. The smallest absolute Gasteiger partial charge is 0.268 e. The molecular formula is C9H20O9S4. The first-order valence-electron chi connectivity index (χ1n) is 6.14. The first kappa shape index (κ1) is 22.1. The molecule has 13 heteroatoms. The fraction of sp³-hybridized carbons (Fsp3) is 1.00. The van der Waals surface area contributed by atoms with Crippen molar-refractivity contribution in [2.24, 2.45) is 0 Å². The fourth-order valence-electron chi connectivity index (χ4n) is 1.09. The summed E-state index contributed by atoms with van der Waals surface area (Å²) in [4.78, 5) is 0. The Morgan fingerprint density at radius 2 is 1.32 bits per heavy atom. The lowest BCUT2D eigenvalue weighted by atomic mass is 10.4. The van der Waals surface area contributed by atoms with Gasteiger partial charge in [0, 0.05) is 17.1 Å². The van der Waals surface area contributed by atoms with Crippen molar-refractivity contribution >= 4 is 42.1 Å². The molecule has 0 bridgehead atoms. The molecule has 2 unspecified atom stereocenters. The van der Waals surface area contributed by atoms with Crippen LogP contribution in [0.25, 0.3) is 0 Å². The van der Waals surface area contributed by atoms with Crippen LogP contribution in [0, 0.1) is 0 Å². The molecule has 0 fully saturated rings. The molecule has 0 amide bonds. The number of hydrogen-bond donors (Lipinski definition) is 0. The lowest BCUT2D eigenvalue weighted by molar-refractivity contribution is 0.327. The van der Waals surface area contributed by atoms with Crippen LogP contribution in [0.5, 0.6) is 0 Å². The van der Waals surface area contributed by atoms with E-state index in [9.17, 15) is 25.3 Å². The topological polar surface area (TPSA) is 130 Å². The van der Waals surface area contributed by atoms with Gasteiger partial charge in [-0.3, -0.25) is 16.8 Å². The minimum Gasteiger partial charge on any atom is -0.289 e. The highest BCUT2D eigenvalue weighted by Gasteiger charge is 2.16. The molecule has 0 aromatic rings. The van der Waals surface area contributed by atoms with Crippen molar-refractivity contribution < 1.29 is 37.8 Å². The molecule has 134 valence electrons. The Labute approximate surface area is 136 Å². The number of rotatable bonds is 13. The highest BCUT2D eigenvalue weighted by atomic mass is 32.2. The third kappa shape index (κ3) is 12.6. The van der Waals surface area contributed by atoms with Gasteiger partial charge in [0.1, 0.15) is 5.94 Å². The summed E-state index contributed by atoms with van der Waals surface area (Å²) in [6.07, 6.45) is 1.36. The van der Waals surface area contributed by atoms with Crippen molar-refractivity contribution in [2.75, 3.05) is 36.2 Å². The summed E-state index contributed by atoms with van der Waals surface area (Å²) < 4.78 is 80.9. The monoisotopic (exact) mass is 400 g/mol. The molecule has 0 aliphatic carbocycles. The van der Waals surface area contributed by atoms with E-state index in [1.54, 1.807) is 6.92 Å². The van der Waals surface area contributed by atoms with E-state index in [4.69, 9.17) is 0 Å². The second-order valence-electron chi connectivity index (χ2n) is 3.99. The Bertz CT molecular complexity index is 566. The molecule has 0 aromatic heterocycles. The minimum atomic E-state index is -3.90. The molecule has 0 aliphatic heterocycles. The van der Waals surface area contributed by atoms with Crippen LogP contribution in [0.3, 0.4) is 0 Å². The largest absolute Gasteiger partial charge is 0.289 e. The van der Waals surface area contributed by atoms with Gasteiger partial charge in [0.05, 0.1) is 18.1 Å². The van der Waals surface area contributed by atoms with Crippen LogP contribution in [0.4, 0.5) is 0 Å². The Morgan fingerprint density at radius 3 is 1.73 bits per heavy atom. The van der Waals surface area contributed by atoms with Gasteiger partial charge in [-0.05, 0) is 19.8 Å². The van der Waals surface area contributed by atoms with Gasteiger partial charge in [0.2, 0.25) is 0 Å². The van der Waals surface area contributed by atoms with E-state index in [0.717, 1.165) is 0 Å². The van der Waals surface area contributed by atoms with Crippen molar-refractivity contribution in [3.8, 4) is 0 Å². The van der Waals surface area contributed by atoms with E-state index in [2.05, 4.69) is 12.5 Å². The van der Waals surface area contributed by atoms with Gasteiger partial charge in [-0.15, -0.1) is 0 Å². The van der Waals surface area contributed by atoms with Gasteiger partial charge in [0.15, 0.2) is 17.0 Å². The normalized spacial score (nSPS) is 15.5. The Kier molecular flexibility index (Phi) is 10.8. The van der Waals surface area contributed by atoms with Crippen molar-refractivity contribution in [1.82, 2.24) is 0 Å². The van der Waals surface area contributed by atoms with E-state index in [1.165, 1.54) is 6.26 Å². The lowest BCUT2D eigenvalue weighted by Gasteiger charge is -2.06. The summed E-state index contributed by atoms with van der Waals surface area (Å²) >= 11 is -1.84. The summed E-state index contributed by atoms with van der Waals surface area (Å²) in [5.74, 6) is -1.82. The second-order valence-corrected chi connectivity index (χ2v) is 9.97. The predicted molar refractivity (Wildman–Crippen MR) is 82.5 cm³/mol. The summed E-state index contributed by atoms with van der Waals surface area (Å²) in [5.41, 5.74) is 0. The quantitative estimate of drug-likeness (QED) is 0.295. The van der Waals surface area contributed by atoms with Gasteiger partial charge >= 0.3 is 0 Å². The zero-order valence-electron chi connectivity index (χ0n) is 12.3. The van der Waals surface area contributed by atoms with Crippen molar-refractivity contribution in [3.63, 3.8) is 0 Å². The van der Waals surface area contributed by atoms with E-state index in [-0.39, 0.29) is 25.2 Å². The highest BCUT2D eigenvalue weighted by molar-refractivity contribution is 7.88. The Morgan fingerprint density at radius 1 is 0.864 bits per heavy atom. The van der Waals surface area contributed by atoms with Gasteiger partial charge < -0.3 is 0 Å². The van der Waals surface area contributed by atoms with Crippen LogP contribution in [-0.4, -0.2) is 61.5 Å². The third-order valence-electron chi connectivity index (χ3n) is 2.01. The SMILES string of the molecule is CCOS(=O)COS(=O)(=O)CCCCS(=O)(=O)OCS(C)=O. The Hall–Kier alpha value is 0.0800. The van der Waals surface area contributed by atoms with Gasteiger partial charge in [-0.25, -0.2) is 4.21 Å². The average Bonchev–Trinajstić information content (AvgIpc) is 2.40. The van der Waals surface area contributed by atoms with Crippen LogP contribution in [0.1, 0.15) is 19.8 Å². The Balaban J connectivity index is 4.03. The molecule has 0 saturated heterocycles. The molecule has 0 aromatic carbocycles. The van der Waals surface area contributed by atoms with Crippen molar-refractivity contribution in [3.05, 3.63) is 0 Å². The maximum atomic E-state index is 11.4. The molecule has 2 atom stereocenters. The van der Waals surface area contributed by atoms with Gasteiger partial charge in [-0.2, -0.15) is 16.8 Å². The zero-order valence-corrected chi connectivity index (χ0v) is 15.5. The predicted octanol–water partition coefficient (Wildman–Crippen LogP) is -0.547. The van der Waals surface area contributed by atoms with Crippen LogP contribution in [-0.2, 0) is 54.7 Å². The molecule has 0 aliphatic rings. The highest BCUT2D eigenvalue weighted by Crippen LogP contribution is 2.05. The summed E-state index contributed by atoms with van der Waals surface area (Å²) in [7, 11) is -9.12. The van der Waals surface area contributed by atoms with E-state index < -0.39 is 59.7 Å². The fourth-order valence-corrected chi connectivity index (χ4v) is 4.81. The molecule has 0 rings (SSSR count). The molecule has 0 N–H and O–H groups in total. The molecule has 9 nitrogen and oxygen atoms in total. The number of hydrogen-bond acceptors (Lipinski definition) is 9. The molecule has 0 radical (unpaired) electrons. The standard InChI is InChI=1S/C9H20O9S4/c1-3-16-20(11)9-18-22(14,15)7-5-4-6-21(12,13)17-8-19(2)10/h3-9H2,1-2H3. The third-order valence-corrected chi connectivity index (χ3v) is 6.09. The van der Waals surface area contributed by atoms with Gasteiger partial charge in [-0.1, -0.05) is 0 Å². The van der Waals surface area contributed by atoms with E-state index >= 15 is 0 Å². The second kappa shape index (κ2) is 10.8. The van der Waals surface area contributed by atoms with E-state index in [1.807, 2.05) is 0 Å². The van der Waals surface area contributed by atoms with E-state index in [0.29, 0.717) is 0 Å². The molecule has 22 heavy (non-hydrogen) atoms. The van der Waals surface area contributed by atoms with Crippen molar-refractivity contribution in [1.29, 1.82) is 0 Å². The first-order chi connectivity index (χ1) is 10.1. The molecule has 0 heterocycles. The summed E-state index contributed by atoms with van der Waals surface area (Å²) in [6.45, 7) is 1.76. The van der Waals surface area contributed by atoms with Crippen LogP contribution in [0.15, 0.2) is 0 Å². The van der Waals surface area contributed by atoms with Crippen LogP contribution in [0.2, 0.25) is 0 Å². The van der Waals surface area contributed by atoms with Crippen LogP contribution >= 0.6 is 0 Å². The van der Waals surface area contributed by atoms with Crippen molar-refractivity contribution in [2.45, 2.75) is 19.8 Å². The van der Waals surface area contributed by atoms with Gasteiger partial charge in [0.25, 0.3) is 20.2 Å². The number of unbranched alkanes of at least 4 members (excludes halogenated alkanes) is 1. The van der Waals surface area contributed by atoms with Crippen LogP contribution < -0.4 is 0 Å². The zero-order chi connectivity index (χ0) is 17.2. The lowest BCUT2D eigenvalue weighted by Crippen LogP contribution is -2.17. The summed E-state index contributed by atoms with van der Waals surface area (Å²) in [5, 5.41) is 0. The molecule has 0 saturated carbocycles. The molecular weight excluding hydrogens is 380 g/mol. The summed E-state index contributed by atoms with van der Waals surface area (Å²) in [6, 6.07) is 0. The maximum Gasteiger partial charge on any atom is 0.268 e. The average molecular weight is 401 g/mol. The molecule has 0 spiro atoms.